The predicted octanol–water partition coefficient (Wildman–Crippen LogP) is 4.22. The van der Waals surface area contributed by atoms with Gasteiger partial charge in [0.1, 0.15) is 0 Å². The van der Waals surface area contributed by atoms with Gasteiger partial charge in [-0.3, -0.25) is 9.69 Å². The fourth-order valence-electron chi connectivity index (χ4n) is 3.99. The molecule has 0 bridgehead atoms. The van der Waals surface area contributed by atoms with Crippen LogP contribution in [0.5, 0.6) is 17.2 Å². The second-order valence-corrected chi connectivity index (χ2v) is 8.39. The maximum absolute atomic E-state index is 11.6. The number of methoxy groups -OCH3 is 3. The van der Waals surface area contributed by atoms with Gasteiger partial charge >= 0.3 is 5.97 Å². The Morgan fingerprint density at radius 3 is 2.41 bits per heavy atom. The smallest absolute Gasteiger partial charge is 0.307 e. The van der Waals surface area contributed by atoms with Crippen molar-refractivity contribution in [2.45, 2.75) is 32.2 Å². The van der Waals surface area contributed by atoms with E-state index < -0.39 is 5.97 Å². The monoisotopic (exact) mass is 419 g/mol. The third kappa shape index (κ3) is 4.51. The minimum atomic E-state index is -0.723. The fraction of sp³-hybridized carbons (Fsp3) is 0.500. The molecule has 0 saturated carbocycles. The van der Waals surface area contributed by atoms with Crippen LogP contribution in [-0.2, 0) is 11.2 Å². The van der Waals surface area contributed by atoms with E-state index in [-0.39, 0.29) is 12.0 Å². The van der Waals surface area contributed by atoms with Crippen molar-refractivity contribution in [1.82, 2.24) is 4.90 Å². The van der Waals surface area contributed by atoms with Gasteiger partial charge < -0.3 is 19.3 Å². The summed E-state index contributed by atoms with van der Waals surface area (Å²) in [6, 6.07) is 8.20. The van der Waals surface area contributed by atoms with Crippen LogP contribution in [-0.4, -0.2) is 50.4 Å². The molecule has 7 heteroatoms. The Balaban J connectivity index is 2.09. The normalized spacial score (nSPS) is 18.3. The average molecular weight is 420 g/mol. The highest BCUT2D eigenvalue weighted by atomic mass is 32.1. The maximum Gasteiger partial charge on any atom is 0.307 e. The molecule has 6 nitrogen and oxygen atoms in total. The zero-order valence-electron chi connectivity index (χ0n) is 17.4. The number of carboxylic acid groups (broad SMARTS) is 1. The van der Waals surface area contributed by atoms with E-state index in [2.05, 4.69) is 24.0 Å². The molecule has 3 rings (SSSR count). The summed E-state index contributed by atoms with van der Waals surface area (Å²) in [6.07, 6.45) is 2.56. The number of benzene rings is 1. The molecule has 2 aromatic rings. The van der Waals surface area contributed by atoms with Crippen LogP contribution in [0.25, 0.3) is 0 Å². The molecule has 0 aliphatic carbocycles. The summed E-state index contributed by atoms with van der Waals surface area (Å²) >= 11 is 1.77. The van der Waals surface area contributed by atoms with Crippen LogP contribution < -0.4 is 14.2 Å². The number of ether oxygens (including phenoxy) is 3. The Morgan fingerprint density at radius 1 is 1.21 bits per heavy atom. The zero-order chi connectivity index (χ0) is 21.0. The lowest BCUT2D eigenvalue weighted by Crippen LogP contribution is -2.41. The first kappa shape index (κ1) is 21.5. The van der Waals surface area contributed by atoms with Crippen molar-refractivity contribution in [3.63, 3.8) is 0 Å². The lowest BCUT2D eigenvalue weighted by atomic mass is 9.94. The Bertz CT molecular complexity index is 824. The summed E-state index contributed by atoms with van der Waals surface area (Å²) in [5, 5.41) is 9.57. The molecule has 1 aliphatic heterocycles. The van der Waals surface area contributed by atoms with Crippen LogP contribution in [0.2, 0.25) is 0 Å². The molecule has 1 fully saturated rings. The lowest BCUT2D eigenvalue weighted by Gasteiger charge is -2.37. The third-order valence-corrected chi connectivity index (χ3v) is 6.75. The first-order chi connectivity index (χ1) is 14.0. The number of thiophene rings is 1. The molecule has 158 valence electrons. The highest BCUT2D eigenvalue weighted by Crippen LogP contribution is 2.44. The van der Waals surface area contributed by atoms with Gasteiger partial charge in [0.2, 0.25) is 5.75 Å². The first-order valence-corrected chi connectivity index (χ1v) is 10.7. The topological polar surface area (TPSA) is 68.2 Å². The Kier molecular flexibility index (Phi) is 7.03. The van der Waals surface area contributed by atoms with Crippen molar-refractivity contribution < 1.29 is 24.1 Å². The number of carbonyl (C=O) groups is 1. The molecule has 0 spiro atoms. The van der Waals surface area contributed by atoms with Gasteiger partial charge in [-0.2, -0.15) is 0 Å². The molecule has 29 heavy (non-hydrogen) atoms. The molecular weight excluding hydrogens is 390 g/mol. The number of aryl methyl sites for hydroxylation is 1. The third-order valence-electron chi connectivity index (χ3n) is 5.47. The largest absolute Gasteiger partial charge is 0.493 e. The summed E-state index contributed by atoms with van der Waals surface area (Å²) < 4.78 is 16.6. The number of carboxylic acids is 1. The molecule has 0 radical (unpaired) electrons. The number of rotatable bonds is 8. The zero-order valence-corrected chi connectivity index (χ0v) is 18.3. The summed E-state index contributed by atoms with van der Waals surface area (Å²) in [5.74, 6) is 0.689. The maximum atomic E-state index is 11.6. The van der Waals surface area contributed by atoms with E-state index in [1.54, 1.807) is 32.7 Å². The van der Waals surface area contributed by atoms with Gasteiger partial charge in [0.25, 0.3) is 0 Å². The van der Waals surface area contributed by atoms with Gasteiger partial charge in [0, 0.05) is 16.3 Å². The van der Waals surface area contributed by atoms with Crippen molar-refractivity contribution in [3.05, 3.63) is 39.6 Å². The molecule has 2 unspecified atom stereocenters. The Morgan fingerprint density at radius 2 is 1.90 bits per heavy atom. The van der Waals surface area contributed by atoms with Crippen LogP contribution in [0.1, 0.15) is 41.1 Å². The van der Waals surface area contributed by atoms with E-state index in [0.29, 0.717) is 23.8 Å². The SMILES string of the molecule is CCc1ccc(C(c2cc(OC)c(OC)c(OC)c2)N2CCCC(C(=O)O)C2)s1. The highest BCUT2D eigenvalue weighted by Gasteiger charge is 2.33. The van der Waals surface area contributed by atoms with E-state index >= 15 is 0 Å². The molecular formula is C22H29NO5S. The average Bonchev–Trinajstić information content (AvgIpc) is 3.22. The summed E-state index contributed by atoms with van der Waals surface area (Å²) in [4.78, 5) is 16.4. The van der Waals surface area contributed by atoms with Gasteiger partial charge in [0.05, 0.1) is 33.3 Å². The van der Waals surface area contributed by atoms with Crippen molar-refractivity contribution in [1.29, 1.82) is 0 Å². The van der Waals surface area contributed by atoms with Crippen LogP contribution in [0, 0.1) is 5.92 Å². The van der Waals surface area contributed by atoms with Gasteiger partial charge in [-0.25, -0.2) is 0 Å². The molecule has 1 aliphatic rings. The van der Waals surface area contributed by atoms with E-state index in [1.165, 1.54) is 9.75 Å². The number of aliphatic carboxylic acids is 1. The van der Waals surface area contributed by atoms with Gasteiger partial charge in [-0.15, -0.1) is 11.3 Å². The molecule has 1 saturated heterocycles. The number of hydrogen-bond acceptors (Lipinski definition) is 6. The van der Waals surface area contributed by atoms with Crippen molar-refractivity contribution in [3.8, 4) is 17.2 Å². The van der Waals surface area contributed by atoms with Gasteiger partial charge in [-0.05, 0) is 55.6 Å². The second kappa shape index (κ2) is 9.50. The standard InChI is InChI=1S/C22H29NO5S/c1-5-16-8-9-19(29-16)20(23-10-6-7-14(13-23)22(24)25)15-11-17(26-2)21(28-4)18(12-15)27-3/h8-9,11-12,14,20H,5-7,10,13H2,1-4H3,(H,24,25). The number of nitrogens with zero attached hydrogens (tertiary/aromatic N) is 1. The van der Waals surface area contributed by atoms with Crippen LogP contribution in [0.4, 0.5) is 0 Å². The number of hydrogen-bond donors (Lipinski definition) is 1. The van der Waals surface area contributed by atoms with Crippen LogP contribution in [0.15, 0.2) is 24.3 Å². The van der Waals surface area contributed by atoms with Crippen LogP contribution >= 0.6 is 11.3 Å². The van der Waals surface area contributed by atoms with Crippen molar-refractivity contribution in [2.24, 2.45) is 5.92 Å². The molecule has 1 aromatic carbocycles. The quantitative estimate of drug-likeness (QED) is 0.691. The molecule has 2 atom stereocenters. The van der Waals surface area contributed by atoms with Gasteiger partial charge in [-0.1, -0.05) is 6.92 Å². The summed E-state index contributed by atoms with van der Waals surface area (Å²) in [5.41, 5.74) is 1.01. The second-order valence-electron chi connectivity index (χ2n) is 7.19. The Labute approximate surface area is 176 Å². The lowest BCUT2D eigenvalue weighted by molar-refractivity contribution is -0.143. The van der Waals surface area contributed by atoms with E-state index in [4.69, 9.17) is 14.2 Å². The summed E-state index contributed by atoms with van der Waals surface area (Å²) in [7, 11) is 4.81. The van der Waals surface area contributed by atoms with E-state index in [1.807, 2.05) is 12.1 Å². The Hall–Kier alpha value is -2.25. The molecule has 1 aromatic heterocycles. The molecule has 1 N–H and O–H groups in total. The number of piperidine rings is 1. The number of likely N-dealkylation sites (tertiary alicyclic amines) is 1. The fourth-order valence-corrected chi connectivity index (χ4v) is 5.10. The molecule has 0 amide bonds. The summed E-state index contributed by atoms with van der Waals surface area (Å²) in [6.45, 7) is 3.52. The van der Waals surface area contributed by atoms with Crippen LogP contribution in [0.3, 0.4) is 0 Å². The highest BCUT2D eigenvalue weighted by molar-refractivity contribution is 7.12. The minimum Gasteiger partial charge on any atom is -0.493 e. The first-order valence-electron chi connectivity index (χ1n) is 9.87. The minimum absolute atomic E-state index is 0.0591. The molecule has 2 heterocycles. The van der Waals surface area contributed by atoms with Crippen molar-refractivity contribution >= 4 is 17.3 Å². The van der Waals surface area contributed by atoms with Crippen molar-refractivity contribution in [2.75, 3.05) is 34.4 Å². The van der Waals surface area contributed by atoms with E-state index in [0.717, 1.165) is 31.4 Å². The van der Waals surface area contributed by atoms with Gasteiger partial charge in [0.15, 0.2) is 11.5 Å². The predicted molar refractivity (Wildman–Crippen MR) is 114 cm³/mol. The van der Waals surface area contributed by atoms with E-state index in [9.17, 15) is 9.90 Å².